The van der Waals surface area contributed by atoms with Crippen LogP contribution in [0, 0.1) is 0 Å². The number of nitrogens with zero attached hydrogens (tertiary/aromatic N) is 2. The van der Waals surface area contributed by atoms with Crippen molar-refractivity contribution in [3.8, 4) is 0 Å². The molecule has 2 atom stereocenters. The van der Waals surface area contributed by atoms with Crippen LogP contribution in [0.4, 0.5) is 0 Å². The molecule has 0 bridgehead atoms. The molecule has 0 amide bonds. The van der Waals surface area contributed by atoms with Crippen LogP contribution in [0.25, 0.3) is 0 Å². The average Bonchev–Trinajstić information content (AvgIpc) is 2.33. The van der Waals surface area contributed by atoms with Crippen molar-refractivity contribution in [2.45, 2.75) is 45.2 Å². The zero-order chi connectivity index (χ0) is 14.2. The first-order chi connectivity index (χ1) is 8.34. The monoisotopic (exact) mass is 259 g/mol. The summed E-state index contributed by atoms with van der Waals surface area (Å²) in [6, 6.07) is 0.464. The molecule has 18 heavy (non-hydrogen) atoms. The van der Waals surface area contributed by atoms with Gasteiger partial charge in [0, 0.05) is 24.7 Å². The Hall–Kier alpha value is -0.160. The minimum atomic E-state index is -0.165. The standard InChI is InChI=1S/C14H33N3O/c1-7-8-15-14(3,12-18)11-13(2)17(6)10-9-16(4)5/h13,15,18H,7-12H2,1-6H3. The molecule has 0 aromatic rings. The van der Waals surface area contributed by atoms with Gasteiger partial charge in [-0.15, -0.1) is 0 Å². The second-order valence-electron chi connectivity index (χ2n) is 5.98. The highest BCUT2D eigenvalue weighted by Crippen LogP contribution is 2.15. The molecule has 110 valence electrons. The maximum atomic E-state index is 9.57. The summed E-state index contributed by atoms with van der Waals surface area (Å²) in [4.78, 5) is 4.56. The second kappa shape index (κ2) is 8.86. The molecule has 4 heteroatoms. The number of aliphatic hydroxyl groups excluding tert-OH is 1. The zero-order valence-electron chi connectivity index (χ0n) is 13.2. The van der Waals surface area contributed by atoms with Crippen LogP contribution in [0.15, 0.2) is 0 Å². The summed E-state index contributed by atoms with van der Waals surface area (Å²) in [5.41, 5.74) is -0.165. The molecule has 0 saturated heterocycles. The minimum absolute atomic E-state index is 0.165. The van der Waals surface area contributed by atoms with Crippen LogP contribution in [0.2, 0.25) is 0 Å². The van der Waals surface area contributed by atoms with E-state index in [9.17, 15) is 5.11 Å². The molecule has 0 radical (unpaired) electrons. The third-order valence-electron chi connectivity index (χ3n) is 3.55. The molecule has 0 saturated carbocycles. The van der Waals surface area contributed by atoms with Gasteiger partial charge in [-0.05, 0) is 54.4 Å². The van der Waals surface area contributed by atoms with Gasteiger partial charge in [-0.1, -0.05) is 6.92 Å². The smallest absolute Gasteiger partial charge is 0.0611 e. The topological polar surface area (TPSA) is 38.7 Å². The highest BCUT2D eigenvalue weighted by atomic mass is 16.3. The second-order valence-corrected chi connectivity index (χ2v) is 5.98. The Bertz CT molecular complexity index is 211. The summed E-state index contributed by atoms with van der Waals surface area (Å²) < 4.78 is 0. The predicted octanol–water partition coefficient (Wildman–Crippen LogP) is 1.01. The van der Waals surface area contributed by atoms with Crippen LogP contribution >= 0.6 is 0 Å². The SMILES string of the molecule is CCCNC(C)(CO)CC(C)N(C)CCN(C)C. The van der Waals surface area contributed by atoms with Gasteiger partial charge in [0.15, 0.2) is 0 Å². The molecule has 0 heterocycles. The van der Waals surface area contributed by atoms with E-state index >= 15 is 0 Å². The lowest BCUT2D eigenvalue weighted by Crippen LogP contribution is -2.50. The normalized spacial score (nSPS) is 17.2. The highest BCUT2D eigenvalue weighted by Gasteiger charge is 2.26. The van der Waals surface area contributed by atoms with Gasteiger partial charge in [0.05, 0.1) is 6.61 Å². The first-order valence-corrected chi connectivity index (χ1v) is 7.05. The third kappa shape index (κ3) is 7.31. The number of likely N-dealkylation sites (N-methyl/N-ethyl adjacent to an activating group) is 2. The molecular formula is C14H33N3O. The number of aliphatic hydroxyl groups is 1. The lowest BCUT2D eigenvalue weighted by atomic mass is 9.93. The van der Waals surface area contributed by atoms with E-state index in [2.05, 4.69) is 57.0 Å². The molecule has 0 aliphatic carbocycles. The van der Waals surface area contributed by atoms with E-state index in [1.165, 1.54) is 0 Å². The van der Waals surface area contributed by atoms with Gasteiger partial charge in [0.25, 0.3) is 0 Å². The molecule has 0 aromatic carbocycles. The van der Waals surface area contributed by atoms with E-state index in [-0.39, 0.29) is 12.1 Å². The van der Waals surface area contributed by atoms with Crippen molar-refractivity contribution in [2.24, 2.45) is 0 Å². The van der Waals surface area contributed by atoms with Gasteiger partial charge < -0.3 is 20.2 Å². The third-order valence-corrected chi connectivity index (χ3v) is 3.55. The van der Waals surface area contributed by atoms with Gasteiger partial charge in [-0.25, -0.2) is 0 Å². The Morgan fingerprint density at radius 3 is 2.28 bits per heavy atom. The Labute approximate surface area is 113 Å². The highest BCUT2D eigenvalue weighted by molar-refractivity contribution is 4.86. The quantitative estimate of drug-likeness (QED) is 0.614. The predicted molar refractivity (Wildman–Crippen MR) is 79.0 cm³/mol. The van der Waals surface area contributed by atoms with E-state index in [1.807, 2.05) is 0 Å². The molecule has 4 nitrogen and oxygen atoms in total. The largest absolute Gasteiger partial charge is 0.394 e. The van der Waals surface area contributed by atoms with Crippen LogP contribution in [0.1, 0.15) is 33.6 Å². The zero-order valence-corrected chi connectivity index (χ0v) is 13.2. The van der Waals surface area contributed by atoms with Crippen molar-refractivity contribution in [3.63, 3.8) is 0 Å². The summed E-state index contributed by atoms with van der Waals surface area (Å²) in [6.45, 7) is 9.78. The van der Waals surface area contributed by atoms with Crippen molar-refractivity contribution in [1.82, 2.24) is 15.1 Å². The van der Waals surface area contributed by atoms with Gasteiger partial charge in [0.2, 0.25) is 0 Å². The van der Waals surface area contributed by atoms with Crippen molar-refractivity contribution >= 4 is 0 Å². The first kappa shape index (κ1) is 17.8. The van der Waals surface area contributed by atoms with Gasteiger partial charge in [0.1, 0.15) is 0 Å². The van der Waals surface area contributed by atoms with Crippen LogP contribution in [-0.4, -0.2) is 73.9 Å². The molecule has 0 aliphatic rings. The molecule has 2 unspecified atom stereocenters. The number of hydrogen-bond acceptors (Lipinski definition) is 4. The summed E-state index contributed by atoms with van der Waals surface area (Å²) in [7, 11) is 6.35. The minimum Gasteiger partial charge on any atom is -0.394 e. The van der Waals surface area contributed by atoms with E-state index < -0.39 is 0 Å². The lowest BCUT2D eigenvalue weighted by molar-refractivity contribution is 0.123. The Kier molecular flexibility index (Phi) is 8.78. The van der Waals surface area contributed by atoms with Crippen molar-refractivity contribution < 1.29 is 5.11 Å². The van der Waals surface area contributed by atoms with Crippen LogP contribution in [-0.2, 0) is 0 Å². The maximum Gasteiger partial charge on any atom is 0.0611 e. The van der Waals surface area contributed by atoms with Gasteiger partial charge in [-0.2, -0.15) is 0 Å². The van der Waals surface area contributed by atoms with E-state index in [1.54, 1.807) is 0 Å². The van der Waals surface area contributed by atoms with Crippen LogP contribution in [0.3, 0.4) is 0 Å². The van der Waals surface area contributed by atoms with Crippen LogP contribution < -0.4 is 5.32 Å². The summed E-state index contributed by atoms with van der Waals surface area (Å²) in [5.74, 6) is 0. The molecule has 0 aliphatic heterocycles. The Morgan fingerprint density at radius 1 is 1.22 bits per heavy atom. The van der Waals surface area contributed by atoms with Crippen molar-refractivity contribution in [2.75, 3.05) is 47.4 Å². The summed E-state index contributed by atoms with van der Waals surface area (Å²) >= 11 is 0. The molecule has 0 spiro atoms. The van der Waals surface area contributed by atoms with Gasteiger partial charge in [-0.3, -0.25) is 0 Å². The molecule has 0 fully saturated rings. The molecule has 2 N–H and O–H groups in total. The maximum absolute atomic E-state index is 9.57. The van der Waals surface area contributed by atoms with Crippen molar-refractivity contribution in [1.29, 1.82) is 0 Å². The van der Waals surface area contributed by atoms with E-state index in [0.29, 0.717) is 6.04 Å². The summed E-state index contributed by atoms with van der Waals surface area (Å²) in [5, 5.41) is 13.0. The Balaban J connectivity index is 4.19. The number of hydrogen-bond donors (Lipinski definition) is 2. The molecule has 0 rings (SSSR count). The molecule has 0 aromatic heterocycles. The van der Waals surface area contributed by atoms with Crippen molar-refractivity contribution in [3.05, 3.63) is 0 Å². The first-order valence-electron chi connectivity index (χ1n) is 7.05. The number of nitrogens with one attached hydrogen (secondary N) is 1. The fourth-order valence-electron chi connectivity index (χ4n) is 2.01. The van der Waals surface area contributed by atoms with E-state index in [0.717, 1.165) is 32.5 Å². The fraction of sp³-hybridized carbons (Fsp3) is 1.00. The van der Waals surface area contributed by atoms with Gasteiger partial charge >= 0.3 is 0 Å². The molecular weight excluding hydrogens is 226 g/mol. The number of rotatable bonds is 10. The summed E-state index contributed by atoms with van der Waals surface area (Å²) in [6.07, 6.45) is 2.06. The van der Waals surface area contributed by atoms with Crippen LogP contribution in [0.5, 0.6) is 0 Å². The average molecular weight is 259 g/mol. The fourth-order valence-corrected chi connectivity index (χ4v) is 2.01. The van der Waals surface area contributed by atoms with E-state index in [4.69, 9.17) is 0 Å². The lowest BCUT2D eigenvalue weighted by Gasteiger charge is -2.35. The Morgan fingerprint density at radius 2 is 1.83 bits per heavy atom.